The van der Waals surface area contributed by atoms with E-state index >= 15 is 4.39 Å². The Hall–Kier alpha value is -4.02. The van der Waals surface area contributed by atoms with Crippen LogP contribution >= 0.6 is 0 Å². The molecule has 1 N–H and O–H groups in total. The summed E-state index contributed by atoms with van der Waals surface area (Å²) in [4.78, 5) is 4.72. The standard InChI is InChI=1S/C33H29FN2O/c1-32(37,31-28-19-11-12-24(28)20-21-29(31)34)30-22-36(23-35-30)33(25-13-5-2-6-14-25,26-15-7-3-8-16-26)27-17-9-4-10-18-27/h2-10,13-18,20-23,37H,11-12,19H2,1H3. The van der Waals surface area contributed by atoms with E-state index in [-0.39, 0.29) is 5.82 Å². The van der Waals surface area contributed by atoms with Gasteiger partial charge in [-0.1, -0.05) is 97.1 Å². The minimum atomic E-state index is -1.58. The van der Waals surface area contributed by atoms with Gasteiger partial charge in [0, 0.05) is 11.8 Å². The van der Waals surface area contributed by atoms with E-state index in [1.807, 2.05) is 66.9 Å². The molecule has 4 aromatic carbocycles. The minimum absolute atomic E-state index is 0.345. The fourth-order valence-corrected chi connectivity index (χ4v) is 6.04. The zero-order valence-electron chi connectivity index (χ0n) is 20.8. The van der Waals surface area contributed by atoms with Crippen molar-refractivity contribution in [2.75, 3.05) is 0 Å². The highest BCUT2D eigenvalue weighted by atomic mass is 19.1. The molecule has 1 unspecified atom stereocenters. The predicted octanol–water partition coefficient (Wildman–Crippen LogP) is 6.61. The molecular weight excluding hydrogens is 459 g/mol. The van der Waals surface area contributed by atoms with E-state index in [1.165, 1.54) is 6.07 Å². The molecule has 1 aliphatic rings. The quantitative estimate of drug-likeness (QED) is 0.273. The van der Waals surface area contributed by atoms with Gasteiger partial charge in [0.2, 0.25) is 0 Å². The maximum absolute atomic E-state index is 15.3. The van der Waals surface area contributed by atoms with Crippen LogP contribution in [0, 0.1) is 5.82 Å². The molecule has 3 nitrogen and oxygen atoms in total. The number of fused-ring (bicyclic) bond motifs is 1. The van der Waals surface area contributed by atoms with Crippen molar-refractivity contribution in [2.24, 2.45) is 0 Å². The van der Waals surface area contributed by atoms with Crippen LogP contribution in [0.2, 0.25) is 0 Å². The Morgan fingerprint density at radius 2 is 1.30 bits per heavy atom. The van der Waals surface area contributed by atoms with E-state index in [9.17, 15) is 5.11 Å². The van der Waals surface area contributed by atoms with E-state index in [0.29, 0.717) is 11.3 Å². The van der Waals surface area contributed by atoms with Crippen molar-refractivity contribution in [1.82, 2.24) is 9.55 Å². The number of nitrogens with zero attached hydrogens (tertiary/aromatic N) is 2. The molecule has 6 rings (SSSR count). The number of hydrogen-bond acceptors (Lipinski definition) is 2. The monoisotopic (exact) mass is 488 g/mol. The number of benzene rings is 4. The molecule has 0 aliphatic heterocycles. The van der Waals surface area contributed by atoms with Crippen molar-refractivity contribution in [3.8, 4) is 0 Å². The highest BCUT2D eigenvalue weighted by molar-refractivity contribution is 5.51. The largest absolute Gasteiger partial charge is 0.379 e. The van der Waals surface area contributed by atoms with Crippen LogP contribution in [0.4, 0.5) is 4.39 Å². The Morgan fingerprint density at radius 3 is 1.84 bits per heavy atom. The van der Waals surface area contributed by atoms with Crippen LogP contribution in [0.1, 0.15) is 52.4 Å². The fraction of sp³-hybridized carbons (Fsp3) is 0.182. The number of aryl methyl sites for hydroxylation is 1. The Balaban J connectivity index is 1.60. The first kappa shape index (κ1) is 23.4. The molecule has 0 bridgehead atoms. The van der Waals surface area contributed by atoms with Gasteiger partial charge in [-0.25, -0.2) is 9.37 Å². The third-order valence-electron chi connectivity index (χ3n) is 7.76. The highest BCUT2D eigenvalue weighted by Gasteiger charge is 2.41. The SMILES string of the molecule is CC(O)(c1cn(C(c2ccccc2)(c2ccccc2)c2ccccc2)cn1)c1c(F)ccc2c1CCC2. The van der Waals surface area contributed by atoms with Gasteiger partial charge in [-0.05, 0) is 60.1 Å². The molecular formula is C33H29FN2O. The summed E-state index contributed by atoms with van der Waals surface area (Å²) in [5, 5.41) is 11.9. The maximum atomic E-state index is 15.3. The third kappa shape index (κ3) is 3.71. The molecule has 0 spiro atoms. The summed E-state index contributed by atoms with van der Waals surface area (Å²) in [7, 11) is 0. The average molecular weight is 489 g/mol. The topological polar surface area (TPSA) is 38.0 Å². The summed E-state index contributed by atoms with van der Waals surface area (Å²) >= 11 is 0. The molecule has 0 amide bonds. The van der Waals surface area contributed by atoms with Crippen LogP contribution < -0.4 is 0 Å². The lowest BCUT2D eigenvalue weighted by atomic mass is 9.76. The summed E-state index contributed by atoms with van der Waals surface area (Å²) in [6.07, 6.45) is 6.28. The number of rotatable bonds is 6. The van der Waals surface area contributed by atoms with Crippen LogP contribution in [0.5, 0.6) is 0 Å². The molecule has 0 radical (unpaired) electrons. The number of imidazole rings is 1. The van der Waals surface area contributed by atoms with Crippen molar-refractivity contribution in [2.45, 2.75) is 37.3 Å². The van der Waals surface area contributed by atoms with Gasteiger partial charge in [0.15, 0.2) is 0 Å². The first-order valence-corrected chi connectivity index (χ1v) is 12.8. The molecule has 0 saturated carbocycles. The summed E-state index contributed by atoms with van der Waals surface area (Å²) in [5.74, 6) is -0.388. The normalized spacial score (nSPS) is 14.8. The van der Waals surface area contributed by atoms with Crippen molar-refractivity contribution < 1.29 is 9.50 Å². The molecule has 184 valence electrons. The van der Waals surface area contributed by atoms with Crippen molar-refractivity contribution in [3.63, 3.8) is 0 Å². The maximum Gasteiger partial charge on any atom is 0.133 e. The Morgan fingerprint density at radius 1 is 0.757 bits per heavy atom. The number of aliphatic hydroxyl groups is 1. The number of hydrogen-bond donors (Lipinski definition) is 1. The number of aromatic nitrogens is 2. The summed E-state index contributed by atoms with van der Waals surface area (Å²) < 4.78 is 17.3. The zero-order chi connectivity index (χ0) is 25.5. The molecule has 0 saturated heterocycles. The van der Waals surface area contributed by atoms with Gasteiger partial charge in [-0.15, -0.1) is 0 Å². The molecule has 37 heavy (non-hydrogen) atoms. The van der Waals surface area contributed by atoms with Gasteiger partial charge in [-0.2, -0.15) is 0 Å². The van der Waals surface area contributed by atoms with E-state index in [2.05, 4.69) is 41.0 Å². The average Bonchev–Trinajstić information content (AvgIpc) is 3.62. The zero-order valence-corrected chi connectivity index (χ0v) is 20.8. The second kappa shape index (κ2) is 9.13. The van der Waals surface area contributed by atoms with Gasteiger partial charge >= 0.3 is 0 Å². The first-order valence-electron chi connectivity index (χ1n) is 12.8. The molecule has 1 heterocycles. The molecule has 5 aromatic rings. The van der Waals surface area contributed by atoms with Crippen LogP contribution in [-0.2, 0) is 24.0 Å². The second-order valence-electron chi connectivity index (χ2n) is 9.96. The van der Waals surface area contributed by atoms with Crippen molar-refractivity contribution in [3.05, 3.63) is 161 Å². The Labute approximate surface area is 216 Å². The van der Waals surface area contributed by atoms with Crippen LogP contribution in [0.15, 0.2) is 116 Å². The lowest BCUT2D eigenvalue weighted by Crippen LogP contribution is -2.37. The first-order chi connectivity index (χ1) is 18.0. The minimum Gasteiger partial charge on any atom is -0.379 e. The highest BCUT2D eigenvalue weighted by Crippen LogP contribution is 2.43. The van der Waals surface area contributed by atoms with Crippen LogP contribution in [-0.4, -0.2) is 14.7 Å². The number of halogens is 1. The Bertz CT molecular complexity index is 1430. The van der Waals surface area contributed by atoms with Gasteiger partial charge < -0.3 is 9.67 Å². The molecule has 1 aliphatic carbocycles. The molecule has 1 atom stereocenters. The molecule has 4 heteroatoms. The lowest BCUT2D eigenvalue weighted by molar-refractivity contribution is 0.0925. The Kier molecular flexibility index (Phi) is 5.77. The lowest BCUT2D eigenvalue weighted by Gasteiger charge is -2.37. The second-order valence-corrected chi connectivity index (χ2v) is 9.96. The van der Waals surface area contributed by atoms with Gasteiger partial charge in [0.25, 0.3) is 0 Å². The fourth-order valence-electron chi connectivity index (χ4n) is 6.04. The molecule has 1 aromatic heterocycles. The summed E-state index contributed by atoms with van der Waals surface area (Å²) in [6, 6.07) is 34.2. The van der Waals surface area contributed by atoms with Crippen LogP contribution in [0.25, 0.3) is 0 Å². The third-order valence-corrected chi connectivity index (χ3v) is 7.76. The van der Waals surface area contributed by atoms with E-state index < -0.39 is 11.1 Å². The predicted molar refractivity (Wildman–Crippen MR) is 144 cm³/mol. The van der Waals surface area contributed by atoms with E-state index in [0.717, 1.165) is 47.1 Å². The van der Waals surface area contributed by atoms with E-state index in [4.69, 9.17) is 4.98 Å². The van der Waals surface area contributed by atoms with Gasteiger partial charge in [-0.3, -0.25) is 0 Å². The van der Waals surface area contributed by atoms with Crippen LogP contribution in [0.3, 0.4) is 0 Å². The summed E-state index contributed by atoms with van der Waals surface area (Å²) in [5.41, 5.74) is 3.64. The summed E-state index contributed by atoms with van der Waals surface area (Å²) in [6.45, 7) is 1.66. The van der Waals surface area contributed by atoms with Crippen molar-refractivity contribution in [1.29, 1.82) is 0 Å². The van der Waals surface area contributed by atoms with E-state index in [1.54, 1.807) is 13.3 Å². The van der Waals surface area contributed by atoms with Gasteiger partial charge in [0.05, 0.1) is 12.0 Å². The molecule has 0 fully saturated rings. The van der Waals surface area contributed by atoms with Crippen molar-refractivity contribution >= 4 is 0 Å². The smallest absolute Gasteiger partial charge is 0.133 e. The van der Waals surface area contributed by atoms with Gasteiger partial charge in [0.1, 0.15) is 17.0 Å².